The Balaban J connectivity index is 2.22. The zero-order valence-electron chi connectivity index (χ0n) is 10.1. The Labute approximate surface area is 93.1 Å². The molecule has 2 nitrogen and oxygen atoms in total. The maximum absolute atomic E-state index is 5.36. The molecule has 0 saturated carbocycles. The third-order valence-electron chi connectivity index (χ3n) is 2.75. The molecule has 0 bridgehead atoms. The second kappa shape index (κ2) is 6.67. The minimum atomic E-state index is 0.316. The van der Waals surface area contributed by atoms with Crippen molar-refractivity contribution in [3.63, 3.8) is 0 Å². The van der Waals surface area contributed by atoms with Crippen LogP contribution in [0.25, 0.3) is 0 Å². The summed E-state index contributed by atoms with van der Waals surface area (Å²) in [6.07, 6.45) is 6.92. The van der Waals surface area contributed by atoms with E-state index in [1.807, 2.05) is 12.1 Å². The second-order valence-electron chi connectivity index (χ2n) is 4.30. The first-order valence-electron chi connectivity index (χ1n) is 6.03. The number of hydrogen-bond acceptors (Lipinski definition) is 2. The summed E-state index contributed by atoms with van der Waals surface area (Å²) in [4.78, 5) is 0. The zero-order chi connectivity index (χ0) is 11.1. The molecule has 2 heteroatoms. The van der Waals surface area contributed by atoms with Crippen LogP contribution in [0.4, 0.5) is 0 Å². The molecule has 15 heavy (non-hydrogen) atoms. The van der Waals surface area contributed by atoms with E-state index in [1.165, 1.54) is 25.7 Å². The molecule has 1 aromatic rings. The first-order chi connectivity index (χ1) is 7.24. The van der Waals surface area contributed by atoms with E-state index in [1.54, 1.807) is 6.26 Å². The van der Waals surface area contributed by atoms with Crippen molar-refractivity contribution in [2.45, 2.75) is 58.5 Å². The Morgan fingerprint density at radius 2 is 2.13 bits per heavy atom. The molecule has 1 heterocycles. The van der Waals surface area contributed by atoms with E-state index in [9.17, 15) is 0 Å². The van der Waals surface area contributed by atoms with E-state index in [2.05, 4.69) is 26.1 Å². The van der Waals surface area contributed by atoms with E-state index < -0.39 is 0 Å². The van der Waals surface area contributed by atoms with Crippen molar-refractivity contribution in [1.82, 2.24) is 5.32 Å². The number of hydrogen-bond donors (Lipinski definition) is 1. The SMILES string of the molecule is CCCCCC(C)N[C@@H](C)c1ccco1. The van der Waals surface area contributed by atoms with Crippen LogP contribution >= 0.6 is 0 Å². The fourth-order valence-electron chi connectivity index (χ4n) is 1.83. The highest BCUT2D eigenvalue weighted by Crippen LogP contribution is 2.14. The molecule has 1 aromatic heterocycles. The summed E-state index contributed by atoms with van der Waals surface area (Å²) in [6.45, 7) is 6.63. The summed E-state index contributed by atoms with van der Waals surface area (Å²) < 4.78 is 5.36. The Morgan fingerprint density at radius 1 is 1.33 bits per heavy atom. The maximum atomic E-state index is 5.36. The largest absolute Gasteiger partial charge is 0.468 e. The molecule has 0 spiro atoms. The molecule has 86 valence electrons. The normalized spacial score (nSPS) is 15.1. The van der Waals surface area contributed by atoms with Crippen molar-refractivity contribution in [1.29, 1.82) is 0 Å². The molecule has 1 rings (SSSR count). The van der Waals surface area contributed by atoms with Gasteiger partial charge in [-0.15, -0.1) is 0 Å². The van der Waals surface area contributed by atoms with Gasteiger partial charge in [-0.05, 0) is 32.4 Å². The maximum Gasteiger partial charge on any atom is 0.120 e. The van der Waals surface area contributed by atoms with Crippen LogP contribution in [-0.2, 0) is 0 Å². The first-order valence-corrected chi connectivity index (χ1v) is 6.03. The Hall–Kier alpha value is -0.760. The van der Waals surface area contributed by atoms with Gasteiger partial charge in [0.1, 0.15) is 5.76 Å². The van der Waals surface area contributed by atoms with Gasteiger partial charge in [0.05, 0.1) is 12.3 Å². The van der Waals surface area contributed by atoms with E-state index in [-0.39, 0.29) is 0 Å². The standard InChI is InChI=1S/C13H23NO/c1-4-5-6-8-11(2)14-12(3)13-9-7-10-15-13/h7,9-12,14H,4-6,8H2,1-3H3/t11?,12-/m0/s1. The van der Waals surface area contributed by atoms with Gasteiger partial charge in [-0.25, -0.2) is 0 Å². The summed E-state index contributed by atoms with van der Waals surface area (Å²) >= 11 is 0. The van der Waals surface area contributed by atoms with Crippen molar-refractivity contribution in [3.8, 4) is 0 Å². The summed E-state index contributed by atoms with van der Waals surface area (Å²) in [7, 11) is 0. The molecular weight excluding hydrogens is 186 g/mol. The fourth-order valence-corrected chi connectivity index (χ4v) is 1.83. The third-order valence-corrected chi connectivity index (χ3v) is 2.75. The van der Waals surface area contributed by atoms with Gasteiger partial charge < -0.3 is 9.73 Å². The van der Waals surface area contributed by atoms with Crippen LogP contribution in [-0.4, -0.2) is 6.04 Å². The van der Waals surface area contributed by atoms with Crippen molar-refractivity contribution in [2.24, 2.45) is 0 Å². The lowest BCUT2D eigenvalue weighted by Gasteiger charge is -2.18. The van der Waals surface area contributed by atoms with Gasteiger partial charge in [0.2, 0.25) is 0 Å². The summed E-state index contributed by atoms with van der Waals surface area (Å²) in [5, 5.41) is 3.55. The zero-order valence-corrected chi connectivity index (χ0v) is 10.1. The molecule has 2 atom stereocenters. The molecule has 0 amide bonds. The minimum absolute atomic E-state index is 0.316. The fraction of sp³-hybridized carbons (Fsp3) is 0.692. The lowest BCUT2D eigenvalue weighted by Crippen LogP contribution is -2.28. The van der Waals surface area contributed by atoms with E-state index >= 15 is 0 Å². The van der Waals surface area contributed by atoms with Crippen LogP contribution in [0.5, 0.6) is 0 Å². The summed E-state index contributed by atoms with van der Waals surface area (Å²) in [5.74, 6) is 1.03. The lowest BCUT2D eigenvalue weighted by molar-refractivity contribution is 0.382. The van der Waals surface area contributed by atoms with Gasteiger partial charge in [0.15, 0.2) is 0 Å². The molecule has 0 aliphatic heterocycles. The highest BCUT2D eigenvalue weighted by atomic mass is 16.3. The summed E-state index contributed by atoms with van der Waals surface area (Å²) in [6, 6.07) is 4.85. The van der Waals surface area contributed by atoms with E-state index in [0.29, 0.717) is 12.1 Å². The molecule has 0 aliphatic rings. The molecule has 1 unspecified atom stereocenters. The summed E-state index contributed by atoms with van der Waals surface area (Å²) in [5.41, 5.74) is 0. The van der Waals surface area contributed by atoms with Gasteiger partial charge in [-0.3, -0.25) is 0 Å². The minimum Gasteiger partial charge on any atom is -0.468 e. The molecule has 0 fully saturated rings. The number of furan rings is 1. The van der Waals surface area contributed by atoms with Crippen LogP contribution in [0.15, 0.2) is 22.8 Å². The monoisotopic (exact) mass is 209 g/mol. The number of nitrogens with one attached hydrogen (secondary N) is 1. The third kappa shape index (κ3) is 4.52. The molecule has 0 aromatic carbocycles. The van der Waals surface area contributed by atoms with Gasteiger partial charge >= 0.3 is 0 Å². The van der Waals surface area contributed by atoms with Gasteiger partial charge in [0.25, 0.3) is 0 Å². The first kappa shape index (κ1) is 12.3. The van der Waals surface area contributed by atoms with Gasteiger partial charge in [-0.1, -0.05) is 26.2 Å². The predicted molar refractivity (Wildman–Crippen MR) is 63.9 cm³/mol. The highest BCUT2D eigenvalue weighted by molar-refractivity contribution is 5.03. The Kier molecular flexibility index (Phi) is 5.48. The molecule has 1 N–H and O–H groups in total. The number of rotatable bonds is 7. The quantitative estimate of drug-likeness (QED) is 0.689. The average Bonchev–Trinajstić information content (AvgIpc) is 2.70. The lowest BCUT2D eigenvalue weighted by atomic mass is 10.1. The predicted octanol–water partition coefficient (Wildman–Crippen LogP) is 3.90. The molecular formula is C13H23NO. The molecule has 0 radical (unpaired) electrons. The Morgan fingerprint density at radius 3 is 2.73 bits per heavy atom. The van der Waals surface area contributed by atoms with Crippen molar-refractivity contribution < 1.29 is 4.42 Å². The second-order valence-corrected chi connectivity index (χ2v) is 4.30. The van der Waals surface area contributed by atoms with E-state index in [0.717, 1.165) is 5.76 Å². The Bertz CT molecular complexity index is 243. The van der Waals surface area contributed by atoms with Crippen LogP contribution in [0.1, 0.15) is 58.3 Å². The van der Waals surface area contributed by atoms with Gasteiger partial charge in [-0.2, -0.15) is 0 Å². The highest BCUT2D eigenvalue weighted by Gasteiger charge is 2.10. The van der Waals surface area contributed by atoms with Crippen LogP contribution in [0.2, 0.25) is 0 Å². The van der Waals surface area contributed by atoms with Crippen molar-refractivity contribution in [3.05, 3.63) is 24.2 Å². The van der Waals surface area contributed by atoms with Crippen LogP contribution in [0, 0.1) is 0 Å². The van der Waals surface area contributed by atoms with E-state index in [4.69, 9.17) is 4.42 Å². The topological polar surface area (TPSA) is 25.2 Å². The average molecular weight is 209 g/mol. The van der Waals surface area contributed by atoms with Crippen LogP contribution < -0.4 is 5.32 Å². The molecule has 0 aliphatic carbocycles. The molecule has 0 saturated heterocycles. The van der Waals surface area contributed by atoms with Gasteiger partial charge in [0, 0.05) is 6.04 Å². The number of unbranched alkanes of at least 4 members (excludes halogenated alkanes) is 2. The van der Waals surface area contributed by atoms with Crippen LogP contribution in [0.3, 0.4) is 0 Å². The smallest absolute Gasteiger partial charge is 0.120 e. The van der Waals surface area contributed by atoms with Crippen molar-refractivity contribution >= 4 is 0 Å². The van der Waals surface area contributed by atoms with Crippen molar-refractivity contribution in [2.75, 3.05) is 0 Å².